The van der Waals surface area contributed by atoms with E-state index < -0.39 is 8.32 Å². The summed E-state index contributed by atoms with van der Waals surface area (Å²) in [5, 5.41) is 8.35. The van der Waals surface area contributed by atoms with E-state index in [2.05, 4.69) is 97.9 Å². The number of hydrogen-bond acceptors (Lipinski definition) is 5. The van der Waals surface area contributed by atoms with Gasteiger partial charge in [0, 0.05) is 35.6 Å². The Morgan fingerprint density at radius 3 is 2.19 bits per heavy atom. The number of anilines is 1. The van der Waals surface area contributed by atoms with Crippen LogP contribution in [0.2, 0.25) is 18.1 Å². The van der Waals surface area contributed by atoms with Crippen molar-refractivity contribution in [2.75, 3.05) is 11.9 Å². The van der Waals surface area contributed by atoms with E-state index in [1.807, 2.05) is 30.6 Å². The highest BCUT2D eigenvalue weighted by Crippen LogP contribution is 2.53. The molecule has 0 atom stereocenters. The molecule has 1 N–H and O–H groups in total. The molecular formula is C30H35N3O2Si. The first kappa shape index (κ1) is 24.3. The van der Waals surface area contributed by atoms with E-state index in [0.29, 0.717) is 0 Å². The lowest BCUT2D eigenvalue weighted by molar-refractivity contribution is 0.359. The first-order chi connectivity index (χ1) is 17.2. The van der Waals surface area contributed by atoms with Gasteiger partial charge in [-0.2, -0.15) is 0 Å². The minimum atomic E-state index is -1.90. The Hall–Kier alpha value is -3.38. The van der Waals surface area contributed by atoms with Gasteiger partial charge in [-0.25, -0.2) is 0 Å². The van der Waals surface area contributed by atoms with Crippen LogP contribution in [0.3, 0.4) is 0 Å². The number of hydrogen-bond donors (Lipinski definition) is 1. The Morgan fingerprint density at radius 1 is 0.917 bits per heavy atom. The van der Waals surface area contributed by atoms with Crippen LogP contribution in [-0.2, 0) is 5.41 Å². The highest BCUT2D eigenvalue weighted by atomic mass is 28.4. The van der Waals surface area contributed by atoms with Crippen LogP contribution in [0, 0.1) is 0 Å². The molecule has 1 saturated carbocycles. The average Bonchev–Trinajstić information content (AvgIpc) is 3.52. The maximum absolute atomic E-state index is 6.50. The zero-order valence-corrected chi connectivity index (χ0v) is 22.8. The van der Waals surface area contributed by atoms with Crippen molar-refractivity contribution in [1.29, 1.82) is 0 Å². The van der Waals surface area contributed by atoms with Crippen molar-refractivity contribution in [2.24, 2.45) is 0 Å². The van der Waals surface area contributed by atoms with Crippen molar-refractivity contribution < 1.29 is 8.95 Å². The summed E-state index contributed by atoms with van der Waals surface area (Å²) < 4.78 is 12.6. The highest BCUT2D eigenvalue weighted by Gasteiger charge is 2.50. The standard InChI is InChI=1S/C30H35N3O2Si/c1-29(2,3)36(4,5)35-25-13-11-23(12-14-25)27-26(22-9-7-6-8-10-22)28(34-33-27)30(17-18-30)21-32-24-15-19-31-20-16-24/h6-16,19-20H,17-18,21H2,1-5H3,(H,31,32). The average molecular weight is 498 g/mol. The van der Waals surface area contributed by atoms with Crippen LogP contribution in [0.4, 0.5) is 5.69 Å². The maximum atomic E-state index is 6.50. The number of nitrogens with one attached hydrogen (secondary N) is 1. The maximum Gasteiger partial charge on any atom is 0.250 e. The van der Waals surface area contributed by atoms with Crippen molar-refractivity contribution in [3.05, 3.63) is 84.9 Å². The molecule has 1 fully saturated rings. The summed E-state index contributed by atoms with van der Waals surface area (Å²) in [5.74, 6) is 1.88. The normalized spacial score (nSPS) is 14.9. The summed E-state index contributed by atoms with van der Waals surface area (Å²) in [6, 6.07) is 22.8. The van der Waals surface area contributed by atoms with Gasteiger partial charge >= 0.3 is 0 Å². The van der Waals surface area contributed by atoms with Crippen molar-refractivity contribution in [3.8, 4) is 28.1 Å². The van der Waals surface area contributed by atoms with Crippen molar-refractivity contribution in [3.63, 3.8) is 0 Å². The molecule has 186 valence electrons. The Kier molecular flexibility index (Phi) is 6.25. The van der Waals surface area contributed by atoms with Gasteiger partial charge in [0.25, 0.3) is 0 Å². The Bertz CT molecular complexity index is 1310. The summed E-state index contributed by atoms with van der Waals surface area (Å²) in [4.78, 5) is 4.12. The third-order valence-electron chi connectivity index (χ3n) is 7.71. The lowest BCUT2D eigenvalue weighted by atomic mass is 9.91. The lowest BCUT2D eigenvalue weighted by Gasteiger charge is -2.36. The quantitative estimate of drug-likeness (QED) is 0.250. The molecule has 1 aliphatic rings. The van der Waals surface area contributed by atoms with Gasteiger partial charge in [0.1, 0.15) is 11.4 Å². The predicted octanol–water partition coefficient (Wildman–Crippen LogP) is 7.93. The van der Waals surface area contributed by atoms with E-state index in [4.69, 9.17) is 8.95 Å². The minimum Gasteiger partial charge on any atom is -0.544 e. The van der Waals surface area contributed by atoms with Crippen LogP contribution in [-0.4, -0.2) is 25.0 Å². The molecule has 0 saturated heterocycles. The Labute approximate surface area is 215 Å². The van der Waals surface area contributed by atoms with E-state index in [1.165, 1.54) is 0 Å². The van der Waals surface area contributed by atoms with E-state index in [-0.39, 0.29) is 10.5 Å². The molecule has 5 nitrogen and oxygen atoms in total. The molecule has 0 bridgehead atoms. The second-order valence-electron chi connectivity index (χ2n) is 11.4. The van der Waals surface area contributed by atoms with Gasteiger partial charge in [-0.05, 0) is 72.9 Å². The summed E-state index contributed by atoms with van der Waals surface area (Å²) >= 11 is 0. The van der Waals surface area contributed by atoms with Gasteiger partial charge in [0.05, 0.1) is 5.56 Å². The lowest BCUT2D eigenvalue weighted by Crippen LogP contribution is -2.43. The molecule has 0 spiro atoms. The van der Waals surface area contributed by atoms with Crippen LogP contribution in [0.5, 0.6) is 5.75 Å². The number of rotatable bonds is 8. The zero-order valence-electron chi connectivity index (χ0n) is 21.8. The first-order valence-corrected chi connectivity index (χ1v) is 15.6. The Balaban J connectivity index is 1.47. The van der Waals surface area contributed by atoms with Gasteiger partial charge in [-0.15, -0.1) is 0 Å². The third kappa shape index (κ3) is 4.82. The van der Waals surface area contributed by atoms with Crippen LogP contribution < -0.4 is 9.74 Å². The van der Waals surface area contributed by atoms with Crippen molar-refractivity contribution in [1.82, 2.24) is 10.1 Å². The fourth-order valence-corrected chi connectivity index (χ4v) is 5.26. The molecule has 0 aliphatic heterocycles. The highest BCUT2D eigenvalue weighted by molar-refractivity contribution is 6.74. The van der Waals surface area contributed by atoms with Gasteiger partial charge < -0.3 is 14.3 Å². The summed E-state index contributed by atoms with van der Waals surface area (Å²) in [5.41, 5.74) is 5.12. The van der Waals surface area contributed by atoms with Crippen molar-refractivity contribution >= 4 is 14.0 Å². The van der Waals surface area contributed by atoms with E-state index in [1.54, 1.807) is 0 Å². The molecule has 36 heavy (non-hydrogen) atoms. The molecule has 0 unspecified atom stereocenters. The van der Waals surface area contributed by atoms with Crippen LogP contribution >= 0.6 is 0 Å². The second-order valence-corrected chi connectivity index (χ2v) is 16.1. The van der Waals surface area contributed by atoms with Crippen molar-refractivity contribution in [2.45, 2.75) is 57.2 Å². The largest absolute Gasteiger partial charge is 0.544 e. The van der Waals surface area contributed by atoms with E-state index in [9.17, 15) is 0 Å². The molecular weight excluding hydrogens is 462 g/mol. The van der Waals surface area contributed by atoms with Gasteiger partial charge in [0.2, 0.25) is 8.32 Å². The fourth-order valence-electron chi connectivity index (χ4n) is 4.23. The number of aromatic nitrogens is 2. The molecule has 0 amide bonds. The summed E-state index contributed by atoms with van der Waals surface area (Å²) in [6.45, 7) is 12.1. The summed E-state index contributed by atoms with van der Waals surface area (Å²) in [6.07, 6.45) is 5.75. The van der Waals surface area contributed by atoms with E-state index >= 15 is 0 Å². The molecule has 2 aromatic heterocycles. The monoisotopic (exact) mass is 497 g/mol. The van der Waals surface area contributed by atoms with Crippen LogP contribution in [0.15, 0.2) is 83.6 Å². The van der Waals surface area contributed by atoms with Crippen LogP contribution in [0.25, 0.3) is 22.4 Å². The van der Waals surface area contributed by atoms with Gasteiger partial charge in [-0.3, -0.25) is 4.98 Å². The number of benzene rings is 2. The SMILES string of the molecule is CC(C)(C)[Si](C)(C)Oc1ccc(-c2noc(C3(CNc4ccncc4)CC3)c2-c2ccccc2)cc1. The van der Waals surface area contributed by atoms with E-state index in [0.717, 1.165) is 59.0 Å². The number of pyridine rings is 1. The molecule has 2 heterocycles. The first-order valence-electron chi connectivity index (χ1n) is 12.7. The van der Waals surface area contributed by atoms with Gasteiger partial charge in [0.15, 0.2) is 5.76 Å². The fraction of sp³-hybridized carbons (Fsp3) is 0.333. The summed E-state index contributed by atoms with van der Waals surface area (Å²) in [7, 11) is -1.90. The number of nitrogens with zero attached hydrogens (tertiary/aromatic N) is 2. The Morgan fingerprint density at radius 2 is 1.58 bits per heavy atom. The minimum absolute atomic E-state index is 0.0644. The topological polar surface area (TPSA) is 60.2 Å². The second kappa shape index (κ2) is 9.25. The molecule has 0 radical (unpaired) electrons. The predicted molar refractivity (Wildman–Crippen MR) is 149 cm³/mol. The smallest absolute Gasteiger partial charge is 0.250 e. The molecule has 2 aromatic carbocycles. The molecule has 6 heteroatoms. The molecule has 1 aliphatic carbocycles. The zero-order chi connectivity index (χ0) is 25.4. The molecule has 5 rings (SSSR count). The van der Waals surface area contributed by atoms with Crippen LogP contribution in [0.1, 0.15) is 39.4 Å². The third-order valence-corrected chi connectivity index (χ3v) is 12.1. The van der Waals surface area contributed by atoms with Gasteiger partial charge in [-0.1, -0.05) is 56.3 Å². The molecule has 4 aromatic rings.